The first-order valence-electron chi connectivity index (χ1n) is 17.5. The molecule has 4 aliphatic rings. The zero-order chi connectivity index (χ0) is 32.5. The molecule has 1 aromatic heterocycles. The molecule has 0 bridgehead atoms. The minimum atomic E-state index is -0.666. The number of para-hydroxylation sites is 1. The topological polar surface area (TPSA) is 117 Å². The Morgan fingerprint density at radius 2 is 1.62 bits per heavy atom. The fraction of sp³-hybridized carbons (Fsp3) is 0.556. The van der Waals surface area contributed by atoms with Crippen LogP contribution in [0.4, 0.5) is 15.3 Å². The lowest BCUT2D eigenvalue weighted by atomic mass is 9.97. The lowest BCUT2D eigenvalue weighted by molar-refractivity contribution is -0.134. The first kappa shape index (κ1) is 31.5. The van der Waals surface area contributed by atoms with Crippen molar-refractivity contribution in [1.82, 2.24) is 35.1 Å². The van der Waals surface area contributed by atoms with E-state index in [1.165, 1.54) is 32.4 Å². The van der Waals surface area contributed by atoms with Crippen molar-refractivity contribution < 1.29 is 14.4 Å². The summed E-state index contributed by atoms with van der Waals surface area (Å²) < 4.78 is 0. The highest BCUT2D eigenvalue weighted by molar-refractivity contribution is 5.92. The van der Waals surface area contributed by atoms with E-state index in [4.69, 9.17) is 0 Å². The molecule has 11 heteroatoms. The third-order valence-corrected chi connectivity index (χ3v) is 10.9. The molecular formula is C36H48N8O3. The van der Waals surface area contributed by atoms with Gasteiger partial charge >= 0.3 is 12.1 Å². The molecule has 3 fully saturated rings. The number of aryl methyl sites for hydroxylation is 2. The molecule has 5 amide bonds. The highest BCUT2D eigenvalue weighted by Gasteiger charge is 2.35. The van der Waals surface area contributed by atoms with Crippen molar-refractivity contribution in [2.45, 2.75) is 89.9 Å². The lowest BCUT2D eigenvalue weighted by Gasteiger charge is -2.42. The van der Waals surface area contributed by atoms with E-state index in [0.717, 1.165) is 64.9 Å². The number of urea groups is 2. The molecule has 0 saturated carbocycles. The van der Waals surface area contributed by atoms with Gasteiger partial charge in [-0.15, -0.1) is 0 Å². The maximum atomic E-state index is 14.2. The van der Waals surface area contributed by atoms with Crippen molar-refractivity contribution in [3.63, 3.8) is 0 Å². The molecule has 0 aliphatic carbocycles. The average Bonchev–Trinajstić information content (AvgIpc) is 3.48. The molecule has 3 N–H and O–H groups in total. The number of carbonyl (C=O) groups excluding carboxylic acids is 3. The second kappa shape index (κ2) is 13.5. The van der Waals surface area contributed by atoms with E-state index in [2.05, 4.69) is 44.8 Å². The van der Waals surface area contributed by atoms with Crippen molar-refractivity contribution in [3.8, 4) is 0 Å². The largest absolute Gasteiger partial charge is 0.341 e. The quantitative estimate of drug-likeness (QED) is 0.358. The SMILES string of the molecule is Cc1n[nH]c2c(C)cc(CC(NC(=O)N3CCC(N4Cc5ccccc5NC4=O)CC3)C(=O)N3CCC(N4CCCCC4)CC3)cc12. The minimum absolute atomic E-state index is 0.00403. The number of hydrogen-bond donors (Lipinski definition) is 3. The Kier molecular flexibility index (Phi) is 9.07. The molecule has 0 spiro atoms. The van der Waals surface area contributed by atoms with Crippen molar-refractivity contribution in [1.29, 1.82) is 0 Å². The number of likely N-dealkylation sites (tertiary alicyclic amines) is 3. The average molecular weight is 641 g/mol. The van der Waals surface area contributed by atoms with Crippen LogP contribution in [-0.4, -0.2) is 105 Å². The van der Waals surface area contributed by atoms with Gasteiger partial charge in [-0.05, 0) is 94.3 Å². The van der Waals surface area contributed by atoms with Crippen LogP contribution >= 0.6 is 0 Å². The van der Waals surface area contributed by atoms with Crippen LogP contribution in [0.25, 0.3) is 10.9 Å². The number of anilines is 1. The summed E-state index contributed by atoms with van der Waals surface area (Å²) in [6, 6.07) is 11.7. The van der Waals surface area contributed by atoms with Gasteiger partial charge in [0.1, 0.15) is 6.04 Å². The molecule has 7 rings (SSSR count). The number of aromatic amines is 1. The molecule has 1 unspecified atom stereocenters. The number of rotatable bonds is 6. The molecule has 3 aromatic rings. The molecule has 250 valence electrons. The van der Waals surface area contributed by atoms with E-state index in [0.29, 0.717) is 44.9 Å². The van der Waals surface area contributed by atoms with Gasteiger partial charge in [0.25, 0.3) is 0 Å². The number of piperidine rings is 3. The van der Waals surface area contributed by atoms with Crippen LogP contribution in [0.3, 0.4) is 0 Å². The maximum absolute atomic E-state index is 14.2. The summed E-state index contributed by atoms with van der Waals surface area (Å²) in [7, 11) is 0. The second-order valence-electron chi connectivity index (χ2n) is 13.9. The number of benzene rings is 2. The fourth-order valence-corrected chi connectivity index (χ4v) is 8.14. The number of fused-ring (bicyclic) bond motifs is 2. The van der Waals surface area contributed by atoms with Crippen LogP contribution in [0.2, 0.25) is 0 Å². The van der Waals surface area contributed by atoms with Crippen molar-refractivity contribution in [3.05, 3.63) is 58.8 Å². The number of hydrogen-bond acceptors (Lipinski definition) is 5. The van der Waals surface area contributed by atoms with Gasteiger partial charge in [-0.2, -0.15) is 5.10 Å². The van der Waals surface area contributed by atoms with Gasteiger partial charge in [0.2, 0.25) is 5.91 Å². The van der Waals surface area contributed by atoms with Crippen LogP contribution in [-0.2, 0) is 17.8 Å². The van der Waals surface area contributed by atoms with Crippen molar-refractivity contribution in [2.24, 2.45) is 0 Å². The minimum Gasteiger partial charge on any atom is -0.341 e. The third kappa shape index (κ3) is 6.68. The third-order valence-electron chi connectivity index (χ3n) is 10.9. The van der Waals surface area contributed by atoms with Crippen LogP contribution in [0.1, 0.15) is 67.3 Å². The van der Waals surface area contributed by atoms with Gasteiger partial charge in [-0.25, -0.2) is 9.59 Å². The molecule has 11 nitrogen and oxygen atoms in total. The number of aromatic nitrogens is 2. The number of H-pyrrole nitrogens is 1. The summed E-state index contributed by atoms with van der Waals surface area (Å²) in [4.78, 5) is 49.2. The Morgan fingerprint density at radius 3 is 2.38 bits per heavy atom. The zero-order valence-corrected chi connectivity index (χ0v) is 27.8. The van der Waals surface area contributed by atoms with Gasteiger partial charge in [-0.1, -0.05) is 30.7 Å². The summed E-state index contributed by atoms with van der Waals surface area (Å²) in [6.45, 7) is 9.44. The predicted molar refractivity (Wildman–Crippen MR) is 182 cm³/mol. The molecule has 47 heavy (non-hydrogen) atoms. The fourth-order valence-electron chi connectivity index (χ4n) is 8.14. The second-order valence-corrected chi connectivity index (χ2v) is 13.9. The normalized spacial score (nSPS) is 20.6. The van der Waals surface area contributed by atoms with Crippen LogP contribution in [0.15, 0.2) is 36.4 Å². The zero-order valence-electron chi connectivity index (χ0n) is 27.8. The molecule has 0 radical (unpaired) electrons. The molecule has 2 aromatic carbocycles. The number of carbonyl (C=O) groups is 3. The molecule has 4 aliphatic heterocycles. The van der Waals surface area contributed by atoms with Crippen molar-refractivity contribution >= 4 is 34.6 Å². The van der Waals surface area contributed by atoms with Crippen LogP contribution in [0, 0.1) is 13.8 Å². The Morgan fingerprint density at radius 1 is 0.915 bits per heavy atom. The molecule has 3 saturated heterocycles. The Hall–Kier alpha value is -4.12. The highest BCUT2D eigenvalue weighted by Crippen LogP contribution is 2.28. The van der Waals surface area contributed by atoms with E-state index in [1.807, 2.05) is 45.9 Å². The van der Waals surface area contributed by atoms with E-state index in [9.17, 15) is 14.4 Å². The number of nitrogens with zero attached hydrogens (tertiary/aromatic N) is 5. The number of amides is 5. The van der Waals surface area contributed by atoms with Gasteiger partial charge in [0.05, 0.1) is 11.2 Å². The van der Waals surface area contributed by atoms with Gasteiger partial charge < -0.3 is 30.2 Å². The first-order chi connectivity index (χ1) is 22.8. The van der Waals surface area contributed by atoms with E-state index >= 15 is 0 Å². The van der Waals surface area contributed by atoms with Crippen molar-refractivity contribution in [2.75, 3.05) is 44.6 Å². The smallest absolute Gasteiger partial charge is 0.322 e. The summed E-state index contributed by atoms with van der Waals surface area (Å²) in [5.74, 6) is -0.00403. The molecule has 1 atom stereocenters. The lowest BCUT2D eigenvalue weighted by Crippen LogP contribution is -2.57. The monoisotopic (exact) mass is 640 g/mol. The maximum Gasteiger partial charge on any atom is 0.322 e. The number of nitrogens with one attached hydrogen (secondary N) is 3. The Labute approximate surface area is 277 Å². The Balaban J connectivity index is 1.02. The van der Waals surface area contributed by atoms with Crippen LogP contribution < -0.4 is 10.6 Å². The predicted octanol–water partition coefficient (Wildman–Crippen LogP) is 4.79. The van der Waals surface area contributed by atoms with Gasteiger partial charge in [-0.3, -0.25) is 9.89 Å². The highest BCUT2D eigenvalue weighted by atomic mass is 16.2. The van der Waals surface area contributed by atoms with Gasteiger partial charge in [0.15, 0.2) is 0 Å². The first-order valence-corrected chi connectivity index (χ1v) is 17.5. The van der Waals surface area contributed by atoms with E-state index in [-0.39, 0.29) is 24.0 Å². The summed E-state index contributed by atoms with van der Waals surface area (Å²) in [6.07, 6.45) is 7.62. The standard InChI is InChI=1S/C36H48N8O3/c1-24-20-26(21-30-25(2)39-40-33(24)30)22-32(34(45)42-16-10-28(11-17-42)41-14-6-3-7-15-41)38-35(46)43-18-12-29(13-19-43)44-23-27-8-4-5-9-31(27)37-36(44)47/h4-5,8-9,20-21,28-29,32H,3,6-7,10-19,22-23H2,1-2H3,(H,37,47)(H,38,46)(H,39,40). The molecule has 5 heterocycles. The van der Waals surface area contributed by atoms with E-state index < -0.39 is 6.04 Å². The summed E-state index contributed by atoms with van der Waals surface area (Å²) in [5, 5.41) is 14.7. The summed E-state index contributed by atoms with van der Waals surface area (Å²) >= 11 is 0. The van der Waals surface area contributed by atoms with Crippen LogP contribution in [0.5, 0.6) is 0 Å². The van der Waals surface area contributed by atoms with E-state index in [1.54, 1.807) is 0 Å². The summed E-state index contributed by atoms with van der Waals surface area (Å²) in [5.41, 5.74) is 5.99. The Bertz CT molecular complexity index is 1620. The molecular weight excluding hydrogens is 592 g/mol. The van der Waals surface area contributed by atoms with Gasteiger partial charge in [0, 0.05) is 62.3 Å².